The lowest BCUT2D eigenvalue weighted by Gasteiger charge is -2.34. The summed E-state index contributed by atoms with van der Waals surface area (Å²) in [6, 6.07) is 0.613. The fraction of sp³-hybridized carbons (Fsp3) is 0.833. The van der Waals surface area contributed by atoms with E-state index in [-0.39, 0.29) is 0 Å². The van der Waals surface area contributed by atoms with Crippen LogP contribution in [-0.2, 0) is 6.54 Å². The van der Waals surface area contributed by atoms with Gasteiger partial charge in [0.25, 0.3) is 0 Å². The van der Waals surface area contributed by atoms with Crippen molar-refractivity contribution in [3.05, 3.63) is 4.77 Å². The van der Waals surface area contributed by atoms with Gasteiger partial charge in [0.1, 0.15) is 0 Å². The van der Waals surface area contributed by atoms with Crippen molar-refractivity contribution in [2.45, 2.75) is 52.1 Å². The molecule has 0 aromatic carbocycles. The largest absolute Gasteiger partial charge is 0.341 e. The van der Waals surface area contributed by atoms with Crippen LogP contribution in [0.25, 0.3) is 0 Å². The first-order valence-electron chi connectivity index (χ1n) is 6.51. The first-order chi connectivity index (χ1) is 8.13. The van der Waals surface area contributed by atoms with E-state index in [9.17, 15) is 0 Å². The minimum absolute atomic E-state index is 0.613. The van der Waals surface area contributed by atoms with E-state index >= 15 is 0 Å². The number of H-pyrrole nitrogens is 1. The zero-order valence-electron chi connectivity index (χ0n) is 10.9. The van der Waals surface area contributed by atoms with Crippen LogP contribution in [0.2, 0.25) is 0 Å². The number of nitrogens with zero attached hydrogens (tertiary/aromatic N) is 3. The molecule has 0 aliphatic heterocycles. The Hall–Kier alpha value is -0.840. The lowest BCUT2D eigenvalue weighted by atomic mass is 9.87. The Morgan fingerprint density at radius 3 is 2.65 bits per heavy atom. The van der Waals surface area contributed by atoms with Crippen molar-refractivity contribution in [2.24, 2.45) is 5.92 Å². The monoisotopic (exact) mass is 254 g/mol. The standard InChI is InChI=1S/C12H22N4S/c1-4-16-11(13-14-12(16)17)15(3)10-7-5-9(2)6-8-10/h9-10H,4-8H2,1-3H3,(H,14,17). The minimum Gasteiger partial charge on any atom is -0.341 e. The highest BCUT2D eigenvalue weighted by molar-refractivity contribution is 7.71. The Labute approximate surface area is 108 Å². The van der Waals surface area contributed by atoms with Gasteiger partial charge in [-0.15, -0.1) is 5.10 Å². The van der Waals surface area contributed by atoms with Crippen LogP contribution >= 0.6 is 12.2 Å². The van der Waals surface area contributed by atoms with Crippen LogP contribution in [0.3, 0.4) is 0 Å². The molecule has 17 heavy (non-hydrogen) atoms. The predicted molar refractivity (Wildman–Crippen MR) is 72.9 cm³/mol. The number of nitrogens with one attached hydrogen (secondary N) is 1. The third-order valence-corrected chi connectivity index (χ3v) is 4.21. The summed E-state index contributed by atoms with van der Waals surface area (Å²) in [4.78, 5) is 2.29. The Balaban J connectivity index is 2.13. The van der Waals surface area contributed by atoms with Gasteiger partial charge in [0, 0.05) is 19.6 Å². The zero-order chi connectivity index (χ0) is 12.4. The van der Waals surface area contributed by atoms with Crippen molar-refractivity contribution in [3.63, 3.8) is 0 Å². The van der Waals surface area contributed by atoms with Crippen LogP contribution in [0.5, 0.6) is 0 Å². The summed E-state index contributed by atoms with van der Waals surface area (Å²) in [5, 5.41) is 7.24. The number of hydrogen-bond acceptors (Lipinski definition) is 3. The van der Waals surface area contributed by atoms with Gasteiger partial charge < -0.3 is 4.90 Å². The molecule has 1 aromatic rings. The molecule has 1 aromatic heterocycles. The SMILES string of the molecule is CCn1c(N(C)C2CCC(C)CC2)n[nH]c1=S. The number of aromatic amines is 1. The van der Waals surface area contributed by atoms with E-state index in [0.29, 0.717) is 6.04 Å². The number of rotatable bonds is 3. The van der Waals surface area contributed by atoms with Crippen LogP contribution < -0.4 is 4.90 Å². The van der Waals surface area contributed by atoms with Gasteiger partial charge in [-0.25, -0.2) is 5.10 Å². The zero-order valence-corrected chi connectivity index (χ0v) is 11.8. The minimum atomic E-state index is 0.613. The predicted octanol–water partition coefficient (Wildman–Crippen LogP) is 2.98. The molecular weight excluding hydrogens is 232 g/mol. The normalized spacial score (nSPS) is 24.9. The third-order valence-electron chi connectivity index (χ3n) is 3.90. The Bertz CT molecular complexity index is 414. The highest BCUT2D eigenvalue weighted by atomic mass is 32.1. The molecular formula is C12H22N4S. The van der Waals surface area contributed by atoms with E-state index in [2.05, 4.69) is 40.6 Å². The third kappa shape index (κ3) is 2.54. The van der Waals surface area contributed by atoms with Gasteiger partial charge in [0.2, 0.25) is 5.95 Å². The summed E-state index contributed by atoms with van der Waals surface area (Å²) in [6.45, 7) is 5.32. The highest BCUT2D eigenvalue weighted by Crippen LogP contribution is 2.28. The molecule has 0 spiro atoms. The lowest BCUT2D eigenvalue weighted by Crippen LogP contribution is -2.36. The van der Waals surface area contributed by atoms with Crippen LogP contribution in [0.4, 0.5) is 5.95 Å². The molecule has 4 nitrogen and oxygen atoms in total. The quantitative estimate of drug-likeness (QED) is 0.843. The van der Waals surface area contributed by atoms with E-state index < -0.39 is 0 Å². The Morgan fingerprint density at radius 2 is 2.06 bits per heavy atom. The molecule has 1 aliphatic rings. The van der Waals surface area contributed by atoms with Gasteiger partial charge in [-0.2, -0.15) is 0 Å². The van der Waals surface area contributed by atoms with Gasteiger partial charge in [-0.05, 0) is 50.7 Å². The second-order valence-electron chi connectivity index (χ2n) is 5.10. The molecule has 96 valence electrons. The van der Waals surface area contributed by atoms with E-state index in [1.807, 2.05) is 0 Å². The molecule has 1 N–H and O–H groups in total. The van der Waals surface area contributed by atoms with Gasteiger partial charge in [-0.1, -0.05) is 6.92 Å². The fourth-order valence-electron chi connectivity index (χ4n) is 2.66. The molecule has 0 radical (unpaired) electrons. The molecule has 0 saturated heterocycles. The van der Waals surface area contributed by atoms with Crippen LogP contribution in [0.1, 0.15) is 39.5 Å². The molecule has 0 bridgehead atoms. The molecule has 0 atom stereocenters. The van der Waals surface area contributed by atoms with Crippen LogP contribution in [0.15, 0.2) is 0 Å². The molecule has 1 saturated carbocycles. The summed E-state index contributed by atoms with van der Waals surface area (Å²) in [5.74, 6) is 1.86. The molecule has 1 fully saturated rings. The summed E-state index contributed by atoms with van der Waals surface area (Å²) in [7, 11) is 2.14. The average Bonchev–Trinajstić information content (AvgIpc) is 2.70. The van der Waals surface area contributed by atoms with Crippen molar-refractivity contribution in [1.82, 2.24) is 14.8 Å². The van der Waals surface area contributed by atoms with Gasteiger partial charge in [0.15, 0.2) is 4.77 Å². The van der Waals surface area contributed by atoms with Crippen molar-refractivity contribution in [1.29, 1.82) is 0 Å². The maximum atomic E-state index is 5.23. The van der Waals surface area contributed by atoms with Crippen molar-refractivity contribution >= 4 is 18.2 Å². The van der Waals surface area contributed by atoms with Gasteiger partial charge in [-0.3, -0.25) is 4.57 Å². The fourth-order valence-corrected chi connectivity index (χ4v) is 2.91. The molecule has 0 unspecified atom stereocenters. The molecule has 1 heterocycles. The van der Waals surface area contributed by atoms with E-state index in [1.165, 1.54) is 25.7 Å². The van der Waals surface area contributed by atoms with Crippen molar-refractivity contribution in [2.75, 3.05) is 11.9 Å². The second kappa shape index (κ2) is 5.21. The first-order valence-corrected chi connectivity index (χ1v) is 6.92. The van der Waals surface area contributed by atoms with E-state index in [4.69, 9.17) is 12.2 Å². The summed E-state index contributed by atoms with van der Waals surface area (Å²) >= 11 is 5.23. The maximum Gasteiger partial charge on any atom is 0.225 e. The number of anilines is 1. The lowest BCUT2D eigenvalue weighted by molar-refractivity contribution is 0.337. The topological polar surface area (TPSA) is 36.9 Å². The maximum absolute atomic E-state index is 5.23. The average molecular weight is 254 g/mol. The summed E-state index contributed by atoms with van der Waals surface area (Å²) in [5.41, 5.74) is 0. The van der Waals surface area contributed by atoms with Crippen LogP contribution in [0, 0.1) is 10.7 Å². The Kier molecular flexibility index (Phi) is 3.86. The number of hydrogen-bond donors (Lipinski definition) is 1. The van der Waals surface area contributed by atoms with E-state index in [0.717, 1.165) is 23.2 Å². The van der Waals surface area contributed by atoms with Crippen molar-refractivity contribution in [3.8, 4) is 0 Å². The number of aromatic nitrogens is 3. The molecule has 1 aliphatic carbocycles. The van der Waals surface area contributed by atoms with Gasteiger partial charge in [0.05, 0.1) is 0 Å². The van der Waals surface area contributed by atoms with E-state index in [1.54, 1.807) is 0 Å². The second-order valence-corrected chi connectivity index (χ2v) is 5.48. The Morgan fingerprint density at radius 1 is 1.41 bits per heavy atom. The van der Waals surface area contributed by atoms with Gasteiger partial charge >= 0.3 is 0 Å². The summed E-state index contributed by atoms with van der Waals surface area (Å²) in [6.07, 6.45) is 5.18. The van der Waals surface area contributed by atoms with Crippen LogP contribution in [-0.4, -0.2) is 27.9 Å². The first kappa shape index (κ1) is 12.6. The molecule has 2 rings (SSSR count). The molecule has 0 amide bonds. The molecule has 5 heteroatoms. The van der Waals surface area contributed by atoms with Crippen molar-refractivity contribution < 1.29 is 0 Å². The smallest absolute Gasteiger partial charge is 0.225 e. The summed E-state index contributed by atoms with van der Waals surface area (Å²) < 4.78 is 2.78. The highest BCUT2D eigenvalue weighted by Gasteiger charge is 2.24.